The summed E-state index contributed by atoms with van der Waals surface area (Å²) in [5.74, 6) is -0.279. The van der Waals surface area contributed by atoms with Crippen LogP contribution in [0.3, 0.4) is 0 Å². The minimum atomic E-state index is -0.996. The number of aromatic nitrogens is 1. The molecule has 0 radical (unpaired) electrons. The lowest BCUT2D eigenvalue weighted by Crippen LogP contribution is -2.52. The topological polar surface area (TPSA) is 161 Å². The standard InChI is InChI=1S/C39H43N3O10/c1-46-25-8-9-27-28-10-11-42-19-23-13-26(16-30(38(44)49-4)29(23)18-32(42)35(28)41-31(27)17-25)51-37(43)22-14-33(47-2)36(34(15-22)48-3)52-39(45)50-20-21-6-5-7-24(40)12-21/h5-9,12,14-15,17,23,26,29-30,32,41H,10-11,13,16,18-20,40H2,1-4H3. The summed E-state index contributed by atoms with van der Waals surface area (Å²) >= 11 is 0. The van der Waals surface area contributed by atoms with E-state index in [1.807, 2.05) is 12.1 Å². The average Bonchev–Trinajstić information content (AvgIpc) is 3.54. The van der Waals surface area contributed by atoms with Crippen LogP contribution in [-0.2, 0) is 32.0 Å². The fraction of sp³-hybridized carbons (Fsp3) is 0.410. The van der Waals surface area contributed by atoms with E-state index >= 15 is 0 Å². The smallest absolute Gasteiger partial charge is 0.497 e. The van der Waals surface area contributed by atoms with Gasteiger partial charge in [0, 0.05) is 41.4 Å². The van der Waals surface area contributed by atoms with Crippen LogP contribution < -0.4 is 24.7 Å². The van der Waals surface area contributed by atoms with Gasteiger partial charge in [0.15, 0.2) is 11.5 Å². The number of carbonyl (C=O) groups excluding carboxylic acids is 3. The SMILES string of the molecule is COC(=O)C1CC(OC(=O)c2cc(OC)c(OC(=O)OCc3cccc(N)c3)c(OC)c2)CC2CN3CCc4c([nH]c5cc(OC)ccc45)C3CC21. The highest BCUT2D eigenvalue weighted by molar-refractivity contribution is 5.91. The lowest BCUT2D eigenvalue weighted by Gasteiger charge is -2.51. The second-order valence-electron chi connectivity index (χ2n) is 13.6. The van der Waals surface area contributed by atoms with E-state index in [0.717, 1.165) is 37.2 Å². The molecule has 274 valence electrons. The van der Waals surface area contributed by atoms with Crippen LogP contribution in [-0.4, -0.2) is 75.6 Å². The molecule has 0 amide bonds. The number of anilines is 1. The average molecular weight is 714 g/mol. The van der Waals surface area contributed by atoms with Crippen molar-refractivity contribution >= 4 is 34.7 Å². The number of nitrogen functional groups attached to an aromatic ring is 1. The predicted octanol–water partition coefficient (Wildman–Crippen LogP) is 5.84. The molecule has 7 rings (SSSR count). The minimum Gasteiger partial charge on any atom is -0.497 e. The number of ether oxygens (including phenoxy) is 7. The van der Waals surface area contributed by atoms with E-state index in [9.17, 15) is 14.4 Å². The van der Waals surface area contributed by atoms with E-state index < -0.39 is 24.1 Å². The quantitative estimate of drug-likeness (QED) is 0.0925. The normalized spacial score (nSPS) is 22.3. The molecule has 1 saturated heterocycles. The number of hydrogen-bond donors (Lipinski definition) is 2. The van der Waals surface area contributed by atoms with Gasteiger partial charge in [-0.05, 0) is 85.0 Å². The van der Waals surface area contributed by atoms with Gasteiger partial charge in [0.05, 0.1) is 46.0 Å². The van der Waals surface area contributed by atoms with Gasteiger partial charge in [-0.25, -0.2) is 9.59 Å². The van der Waals surface area contributed by atoms with E-state index in [1.165, 1.54) is 50.1 Å². The summed E-state index contributed by atoms with van der Waals surface area (Å²) in [6.45, 7) is 1.61. The summed E-state index contributed by atoms with van der Waals surface area (Å²) < 4.78 is 38.5. The number of nitrogens with zero attached hydrogens (tertiary/aromatic N) is 1. The van der Waals surface area contributed by atoms with E-state index in [0.29, 0.717) is 24.1 Å². The van der Waals surface area contributed by atoms with E-state index in [-0.39, 0.29) is 53.3 Å². The Hall–Kier alpha value is -5.43. The predicted molar refractivity (Wildman–Crippen MR) is 190 cm³/mol. The molecule has 3 aliphatic rings. The molecule has 1 aliphatic carbocycles. The number of hydrogen-bond acceptors (Lipinski definition) is 12. The molecule has 13 nitrogen and oxygen atoms in total. The van der Waals surface area contributed by atoms with Crippen LogP contribution in [0.5, 0.6) is 23.0 Å². The zero-order chi connectivity index (χ0) is 36.5. The molecular weight excluding hydrogens is 670 g/mol. The molecule has 2 fully saturated rings. The zero-order valence-electron chi connectivity index (χ0n) is 29.6. The van der Waals surface area contributed by atoms with Gasteiger partial charge in [-0.15, -0.1) is 0 Å². The first kappa shape index (κ1) is 35.0. The highest BCUT2D eigenvalue weighted by Gasteiger charge is 2.49. The zero-order valence-corrected chi connectivity index (χ0v) is 29.6. The molecular formula is C39H43N3O10. The number of esters is 2. The van der Waals surface area contributed by atoms with E-state index in [2.05, 4.69) is 16.0 Å². The summed E-state index contributed by atoms with van der Waals surface area (Å²) in [6, 6.07) is 16.0. The van der Waals surface area contributed by atoms with Crippen LogP contribution in [0, 0.1) is 17.8 Å². The highest BCUT2D eigenvalue weighted by atomic mass is 16.7. The van der Waals surface area contributed by atoms with Crippen LogP contribution in [0.2, 0.25) is 0 Å². The van der Waals surface area contributed by atoms with Gasteiger partial charge in [-0.2, -0.15) is 0 Å². The van der Waals surface area contributed by atoms with Gasteiger partial charge in [0.2, 0.25) is 5.75 Å². The van der Waals surface area contributed by atoms with Gasteiger partial charge in [0.25, 0.3) is 0 Å². The van der Waals surface area contributed by atoms with Crippen molar-refractivity contribution in [1.29, 1.82) is 0 Å². The van der Waals surface area contributed by atoms with Gasteiger partial charge >= 0.3 is 18.1 Å². The first-order valence-corrected chi connectivity index (χ1v) is 17.4. The molecule has 3 N–H and O–H groups in total. The summed E-state index contributed by atoms with van der Waals surface area (Å²) in [4.78, 5) is 45.7. The number of aromatic amines is 1. The van der Waals surface area contributed by atoms with Gasteiger partial charge in [0.1, 0.15) is 18.5 Å². The molecule has 13 heteroatoms. The highest BCUT2D eigenvalue weighted by Crippen LogP contribution is 2.50. The monoisotopic (exact) mass is 713 g/mol. The number of methoxy groups -OCH3 is 4. The number of rotatable bonds is 9. The van der Waals surface area contributed by atoms with Crippen molar-refractivity contribution in [3.63, 3.8) is 0 Å². The lowest BCUT2D eigenvalue weighted by atomic mass is 9.65. The Labute approximate surface area is 301 Å². The Kier molecular flexibility index (Phi) is 9.87. The van der Waals surface area contributed by atoms with Crippen LogP contribution in [0.15, 0.2) is 54.6 Å². The first-order chi connectivity index (χ1) is 25.2. The Balaban J connectivity index is 1.06. The fourth-order valence-corrected chi connectivity index (χ4v) is 8.31. The molecule has 1 saturated carbocycles. The third kappa shape index (κ3) is 6.80. The molecule has 0 spiro atoms. The molecule has 2 aliphatic heterocycles. The van der Waals surface area contributed by atoms with Crippen molar-refractivity contribution in [1.82, 2.24) is 9.88 Å². The maximum Gasteiger partial charge on any atom is 0.514 e. The molecule has 4 aromatic rings. The maximum absolute atomic E-state index is 13.7. The molecule has 5 atom stereocenters. The van der Waals surface area contributed by atoms with Gasteiger partial charge in [-0.1, -0.05) is 12.1 Å². The number of H-pyrrole nitrogens is 1. The Morgan fingerprint density at radius 2 is 1.71 bits per heavy atom. The summed E-state index contributed by atoms with van der Waals surface area (Å²) in [5, 5.41) is 1.21. The minimum absolute atomic E-state index is 0.0547. The second kappa shape index (κ2) is 14.7. The van der Waals surface area contributed by atoms with Crippen LogP contribution in [0.4, 0.5) is 10.5 Å². The second-order valence-corrected chi connectivity index (χ2v) is 13.6. The molecule has 52 heavy (non-hydrogen) atoms. The van der Waals surface area contributed by atoms with Crippen molar-refractivity contribution in [3.8, 4) is 23.0 Å². The fourth-order valence-electron chi connectivity index (χ4n) is 8.31. The number of carbonyl (C=O) groups is 3. The van der Waals surface area contributed by atoms with Gasteiger partial charge in [-0.3, -0.25) is 9.69 Å². The van der Waals surface area contributed by atoms with Crippen molar-refractivity contribution in [2.24, 2.45) is 17.8 Å². The summed E-state index contributed by atoms with van der Waals surface area (Å²) in [6.07, 6.45) is 1.14. The van der Waals surface area contributed by atoms with E-state index in [1.54, 1.807) is 31.4 Å². The lowest BCUT2D eigenvalue weighted by molar-refractivity contribution is -0.155. The number of nitrogens with one attached hydrogen (secondary N) is 1. The third-order valence-corrected chi connectivity index (χ3v) is 10.7. The Bertz CT molecular complexity index is 1970. The first-order valence-electron chi connectivity index (χ1n) is 17.4. The number of nitrogens with two attached hydrogens (primary N) is 1. The Morgan fingerprint density at radius 1 is 0.923 bits per heavy atom. The largest absolute Gasteiger partial charge is 0.514 e. The van der Waals surface area contributed by atoms with Crippen molar-refractivity contribution in [3.05, 3.63) is 77.0 Å². The Morgan fingerprint density at radius 3 is 2.42 bits per heavy atom. The number of benzene rings is 3. The van der Waals surface area contributed by atoms with Crippen LogP contribution in [0.1, 0.15) is 52.5 Å². The van der Waals surface area contributed by atoms with Crippen molar-refractivity contribution in [2.45, 2.75) is 44.4 Å². The van der Waals surface area contributed by atoms with E-state index in [4.69, 9.17) is 38.9 Å². The molecule has 1 aromatic heterocycles. The third-order valence-electron chi connectivity index (χ3n) is 10.7. The molecule has 0 bridgehead atoms. The van der Waals surface area contributed by atoms with Crippen molar-refractivity contribution in [2.75, 3.05) is 47.3 Å². The summed E-state index contributed by atoms with van der Waals surface area (Å²) in [5.41, 5.74) is 10.7. The van der Waals surface area contributed by atoms with Crippen LogP contribution in [0.25, 0.3) is 10.9 Å². The molecule has 5 unspecified atom stereocenters. The van der Waals surface area contributed by atoms with Crippen LogP contribution >= 0.6 is 0 Å². The number of piperidine rings is 1. The molecule has 3 aromatic carbocycles. The maximum atomic E-state index is 13.7. The molecule has 3 heterocycles. The summed E-state index contributed by atoms with van der Waals surface area (Å²) in [7, 11) is 5.83. The van der Waals surface area contributed by atoms with Gasteiger partial charge < -0.3 is 43.9 Å². The van der Waals surface area contributed by atoms with Crippen molar-refractivity contribution < 1.29 is 47.5 Å². The number of fused-ring (bicyclic) bond motifs is 6.